The van der Waals surface area contributed by atoms with Gasteiger partial charge >= 0.3 is 0 Å². The number of aliphatic hydroxyl groups is 1. The fraction of sp³-hybridized carbons (Fsp3) is 1.00. The maximum Gasteiger partial charge on any atom is 0.0954 e. The Labute approximate surface area is 87.7 Å². The van der Waals surface area contributed by atoms with Gasteiger partial charge in [-0.25, -0.2) is 0 Å². The molecule has 1 saturated heterocycles. The molecule has 0 aliphatic carbocycles. The van der Waals surface area contributed by atoms with Crippen molar-refractivity contribution in [3.63, 3.8) is 0 Å². The van der Waals surface area contributed by atoms with Gasteiger partial charge in [0.1, 0.15) is 0 Å². The highest BCUT2D eigenvalue weighted by molar-refractivity contribution is 4.70. The number of hydrogen-bond acceptors (Lipinski definition) is 3. The number of piperidine rings is 1. The summed E-state index contributed by atoms with van der Waals surface area (Å²) in [5, 5.41) is 8.83. The van der Waals surface area contributed by atoms with Gasteiger partial charge in [0.25, 0.3) is 0 Å². The molecule has 1 heterocycles. The first kappa shape index (κ1) is 12.0. The zero-order valence-corrected chi connectivity index (χ0v) is 9.58. The van der Waals surface area contributed by atoms with Gasteiger partial charge < -0.3 is 10.0 Å². The first-order valence-corrected chi connectivity index (χ1v) is 5.70. The summed E-state index contributed by atoms with van der Waals surface area (Å²) < 4.78 is 0. The summed E-state index contributed by atoms with van der Waals surface area (Å²) in [6.07, 6.45) is 5.29. The van der Waals surface area contributed by atoms with Crippen LogP contribution in [0.1, 0.15) is 25.7 Å². The largest absolute Gasteiger partial charge is 0.381 e. The fourth-order valence-corrected chi connectivity index (χ4v) is 2.23. The molecule has 1 N–H and O–H groups in total. The molecule has 1 aliphatic rings. The van der Waals surface area contributed by atoms with Gasteiger partial charge in [0.05, 0.1) is 6.73 Å². The summed E-state index contributed by atoms with van der Waals surface area (Å²) in [5.41, 5.74) is 0. The van der Waals surface area contributed by atoms with Gasteiger partial charge in [0.15, 0.2) is 0 Å². The Hall–Kier alpha value is -0.120. The van der Waals surface area contributed by atoms with E-state index in [1.165, 1.54) is 38.8 Å². The average molecular weight is 200 g/mol. The van der Waals surface area contributed by atoms with Gasteiger partial charge in [-0.15, -0.1) is 0 Å². The summed E-state index contributed by atoms with van der Waals surface area (Å²) in [6, 6.07) is 0. The third kappa shape index (κ3) is 4.40. The van der Waals surface area contributed by atoms with E-state index in [1.807, 2.05) is 11.9 Å². The molecule has 0 radical (unpaired) electrons. The smallest absolute Gasteiger partial charge is 0.0954 e. The molecule has 1 fully saturated rings. The molecule has 0 aromatic rings. The Bertz CT molecular complexity index is 152. The van der Waals surface area contributed by atoms with Gasteiger partial charge in [-0.2, -0.15) is 0 Å². The SMILES string of the molecule is CN(CO)CCCC1CCCN(C)C1. The van der Waals surface area contributed by atoms with E-state index < -0.39 is 0 Å². The molecule has 3 nitrogen and oxygen atoms in total. The number of rotatable bonds is 5. The second-order valence-electron chi connectivity index (χ2n) is 4.63. The van der Waals surface area contributed by atoms with Crippen LogP contribution in [0.25, 0.3) is 0 Å². The lowest BCUT2D eigenvalue weighted by Crippen LogP contribution is -2.32. The van der Waals surface area contributed by atoms with Crippen LogP contribution in [-0.4, -0.2) is 55.4 Å². The van der Waals surface area contributed by atoms with Gasteiger partial charge in [0, 0.05) is 6.54 Å². The molecule has 0 aromatic carbocycles. The normalized spacial score (nSPS) is 24.4. The van der Waals surface area contributed by atoms with Crippen LogP contribution >= 0.6 is 0 Å². The lowest BCUT2D eigenvalue weighted by molar-refractivity contribution is 0.125. The van der Waals surface area contributed by atoms with Crippen molar-refractivity contribution in [2.45, 2.75) is 25.7 Å². The van der Waals surface area contributed by atoms with Crippen LogP contribution in [0.4, 0.5) is 0 Å². The standard InChI is InChI=1S/C11H24N2O/c1-12-7-3-5-11(9-12)6-4-8-13(2)10-14/h11,14H,3-10H2,1-2H3. The van der Waals surface area contributed by atoms with Crippen LogP contribution in [0.15, 0.2) is 0 Å². The lowest BCUT2D eigenvalue weighted by Gasteiger charge is -2.29. The minimum absolute atomic E-state index is 0.185. The first-order valence-electron chi connectivity index (χ1n) is 5.70. The molecule has 0 saturated carbocycles. The van der Waals surface area contributed by atoms with Crippen molar-refractivity contribution in [3.05, 3.63) is 0 Å². The molecule has 1 unspecified atom stereocenters. The quantitative estimate of drug-likeness (QED) is 0.670. The Morgan fingerprint density at radius 1 is 1.50 bits per heavy atom. The third-order valence-electron chi connectivity index (χ3n) is 3.12. The van der Waals surface area contributed by atoms with Crippen LogP contribution in [0.5, 0.6) is 0 Å². The molecule has 1 aliphatic heterocycles. The van der Waals surface area contributed by atoms with Gasteiger partial charge in [0.2, 0.25) is 0 Å². The second kappa shape index (κ2) is 6.38. The van der Waals surface area contributed by atoms with Crippen molar-refractivity contribution < 1.29 is 5.11 Å². The number of aliphatic hydroxyl groups excluding tert-OH is 1. The molecule has 1 atom stereocenters. The lowest BCUT2D eigenvalue weighted by atomic mass is 9.94. The molecule has 84 valence electrons. The summed E-state index contributed by atoms with van der Waals surface area (Å²) in [4.78, 5) is 4.40. The van der Waals surface area contributed by atoms with E-state index >= 15 is 0 Å². The molecule has 3 heteroatoms. The zero-order chi connectivity index (χ0) is 10.4. The summed E-state index contributed by atoms with van der Waals surface area (Å²) in [5.74, 6) is 0.890. The number of hydrogen-bond donors (Lipinski definition) is 1. The highest BCUT2D eigenvalue weighted by Gasteiger charge is 2.16. The van der Waals surface area contributed by atoms with Crippen molar-refractivity contribution in [2.24, 2.45) is 5.92 Å². The molecule has 0 spiro atoms. The Kier molecular flexibility index (Phi) is 5.45. The molecule has 0 aromatic heterocycles. The van der Waals surface area contributed by atoms with Crippen LogP contribution in [0.3, 0.4) is 0 Å². The summed E-state index contributed by atoms with van der Waals surface area (Å²) in [6.45, 7) is 3.75. The van der Waals surface area contributed by atoms with Crippen LogP contribution < -0.4 is 0 Å². The average Bonchev–Trinajstić information content (AvgIpc) is 2.17. The fourth-order valence-electron chi connectivity index (χ4n) is 2.23. The van der Waals surface area contributed by atoms with Crippen molar-refractivity contribution in [1.82, 2.24) is 9.80 Å². The Morgan fingerprint density at radius 3 is 2.93 bits per heavy atom. The predicted molar refractivity (Wildman–Crippen MR) is 59.2 cm³/mol. The van der Waals surface area contributed by atoms with Crippen LogP contribution in [0, 0.1) is 5.92 Å². The molecule has 14 heavy (non-hydrogen) atoms. The second-order valence-corrected chi connectivity index (χ2v) is 4.63. The maximum absolute atomic E-state index is 8.83. The van der Waals surface area contributed by atoms with Crippen molar-refractivity contribution in [2.75, 3.05) is 40.5 Å². The highest BCUT2D eigenvalue weighted by atomic mass is 16.3. The van der Waals surface area contributed by atoms with Crippen LogP contribution in [0.2, 0.25) is 0 Å². The minimum Gasteiger partial charge on any atom is -0.381 e. The van der Waals surface area contributed by atoms with Crippen molar-refractivity contribution >= 4 is 0 Å². The van der Waals surface area contributed by atoms with Crippen molar-refractivity contribution in [1.29, 1.82) is 0 Å². The first-order chi connectivity index (χ1) is 6.72. The van der Waals surface area contributed by atoms with Gasteiger partial charge in [-0.05, 0) is 58.8 Å². The van der Waals surface area contributed by atoms with E-state index in [2.05, 4.69) is 11.9 Å². The minimum atomic E-state index is 0.185. The molecule has 0 amide bonds. The Balaban J connectivity index is 2.05. The zero-order valence-electron chi connectivity index (χ0n) is 9.58. The van der Waals surface area contributed by atoms with E-state index in [0.29, 0.717) is 0 Å². The van der Waals surface area contributed by atoms with E-state index in [-0.39, 0.29) is 6.73 Å². The molecule has 1 rings (SSSR count). The van der Waals surface area contributed by atoms with E-state index in [1.54, 1.807) is 0 Å². The highest BCUT2D eigenvalue weighted by Crippen LogP contribution is 2.19. The topological polar surface area (TPSA) is 26.7 Å². The summed E-state index contributed by atoms with van der Waals surface area (Å²) >= 11 is 0. The molecule has 0 bridgehead atoms. The number of likely N-dealkylation sites (tertiary alicyclic amines) is 1. The van der Waals surface area contributed by atoms with Gasteiger partial charge in [-0.1, -0.05) is 0 Å². The van der Waals surface area contributed by atoms with E-state index in [4.69, 9.17) is 5.11 Å². The Morgan fingerprint density at radius 2 is 2.29 bits per heavy atom. The maximum atomic E-state index is 8.83. The summed E-state index contributed by atoms with van der Waals surface area (Å²) in [7, 11) is 4.18. The van der Waals surface area contributed by atoms with Gasteiger partial charge in [-0.3, -0.25) is 4.90 Å². The monoisotopic (exact) mass is 200 g/mol. The molecular formula is C11H24N2O. The van der Waals surface area contributed by atoms with E-state index in [0.717, 1.165) is 12.5 Å². The predicted octanol–water partition coefficient (Wildman–Crippen LogP) is 0.990. The molecular weight excluding hydrogens is 176 g/mol. The van der Waals surface area contributed by atoms with Crippen LogP contribution in [-0.2, 0) is 0 Å². The van der Waals surface area contributed by atoms with E-state index in [9.17, 15) is 0 Å². The number of nitrogens with zero attached hydrogens (tertiary/aromatic N) is 2. The van der Waals surface area contributed by atoms with Crippen molar-refractivity contribution in [3.8, 4) is 0 Å². The third-order valence-corrected chi connectivity index (χ3v) is 3.12.